The molecule has 94 valence electrons. The highest BCUT2D eigenvalue weighted by Gasteiger charge is 2.30. The Kier molecular flexibility index (Phi) is 5.62. The van der Waals surface area contributed by atoms with Gasteiger partial charge in [-0.2, -0.15) is 0 Å². The Hall–Kier alpha value is -0.220. The van der Waals surface area contributed by atoms with E-state index in [1.165, 1.54) is 6.42 Å². The summed E-state index contributed by atoms with van der Waals surface area (Å²) in [5, 5.41) is 0. The molecule has 1 aliphatic heterocycles. The van der Waals surface area contributed by atoms with Gasteiger partial charge in [0, 0.05) is 13.2 Å². The Bertz CT molecular complexity index is 222. The third-order valence-electron chi connectivity index (χ3n) is 2.78. The van der Waals surface area contributed by atoms with E-state index in [1.807, 2.05) is 20.8 Å². The average Bonchev–Trinajstić information content (AvgIpc) is 2.70. The van der Waals surface area contributed by atoms with Gasteiger partial charge < -0.3 is 9.47 Å². The summed E-state index contributed by atoms with van der Waals surface area (Å²) in [5.41, 5.74) is 0. The average molecular weight is 246 g/mol. The lowest BCUT2D eigenvalue weighted by Gasteiger charge is -2.22. The third-order valence-corrected chi connectivity index (χ3v) is 4.11. The SMILES string of the molecule is CCOC(=O)C(C)(C)SCCC1CCOC1. The van der Waals surface area contributed by atoms with Crippen molar-refractivity contribution >= 4 is 17.7 Å². The lowest BCUT2D eigenvalue weighted by molar-refractivity contribution is -0.145. The second kappa shape index (κ2) is 6.50. The van der Waals surface area contributed by atoms with E-state index in [-0.39, 0.29) is 5.97 Å². The molecule has 1 aliphatic rings. The summed E-state index contributed by atoms with van der Waals surface area (Å²) < 4.78 is 9.95. The second-order valence-corrected chi connectivity index (χ2v) is 6.32. The van der Waals surface area contributed by atoms with E-state index in [9.17, 15) is 4.79 Å². The van der Waals surface area contributed by atoms with Crippen LogP contribution in [0.15, 0.2) is 0 Å². The van der Waals surface area contributed by atoms with E-state index in [4.69, 9.17) is 9.47 Å². The Morgan fingerprint density at radius 3 is 2.88 bits per heavy atom. The third kappa shape index (κ3) is 4.34. The van der Waals surface area contributed by atoms with Gasteiger partial charge in [0.05, 0.1) is 6.61 Å². The summed E-state index contributed by atoms with van der Waals surface area (Å²) in [4.78, 5) is 11.6. The molecule has 0 aromatic heterocycles. The molecule has 1 unspecified atom stereocenters. The van der Waals surface area contributed by atoms with Gasteiger partial charge in [0.15, 0.2) is 0 Å². The van der Waals surface area contributed by atoms with E-state index < -0.39 is 4.75 Å². The van der Waals surface area contributed by atoms with Crippen molar-refractivity contribution in [3.8, 4) is 0 Å². The van der Waals surface area contributed by atoms with Crippen molar-refractivity contribution in [3.05, 3.63) is 0 Å². The van der Waals surface area contributed by atoms with Gasteiger partial charge in [0.2, 0.25) is 0 Å². The zero-order chi connectivity index (χ0) is 12.0. The summed E-state index contributed by atoms with van der Waals surface area (Å²) in [5.74, 6) is 1.58. The molecule has 1 atom stereocenters. The van der Waals surface area contributed by atoms with Crippen molar-refractivity contribution in [2.45, 2.75) is 38.4 Å². The molecule has 0 aromatic carbocycles. The summed E-state index contributed by atoms with van der Waals surface area (Å²) in [6.07, 6.45) is 2.30. The number of thioether (sulfide) groups is 1. The van der Waals surface area contributed by atoms with Gasteiger partial charge in [-0.05, 0) is 45.3 Å². The van der Waals surface area contributed by atoms with Crippen LogP contribution in [0.4, 0.5) is 0 Å². The molecule has 0 spiro atoms. The first-order chi connectivity index (χ1) is 7.56. The minimum absolute atomic E-state index is 0.109. The summed E-state index contributed by atoms with van der Waals surface area (Å²) in [7, 11) is 0. The van der Waals surface area contributed by atoms with Crippen molar-refractivity contribution in [2.75, 3.05) is 25.6 Å². The van der Waals surface area contributed by atoms with Gasteiger partial charge in [-0.1, -0.05) is 0 Å². The molecule has 0 amide bonds. The molecule has 16 heavy (non-hydrogen) atoms. The molecule has 0 N–H and O–H groups in total. The quantitative estimate of drug-likeness (QED) is 0.675. The van der Waals surface area contributed by atoms with Gasteiger partial charge in [-0.3, -0.25) is 4.79 Å². The molecular formula is C12H22O3S. The highest BCUT2D eigenvalue weighted by atomic mass is 32.2. The van der Waals surface area contributed by atoms with Crippen LogP contribution in [0.3, 0.4) is 0 Å². The maximum Gasteiger partial charge on any atom is 0.321 e. The van der Waals surface area contributed by atoms with Gasteiger partial charge in [0.25, 0.3) is 0 Å². The Morgan fingerprint density at radius 1 is 1.56 bits per heavy atom. The molecule has 1 rings (SSSR count). The molecule has 1 saturated heterocycles. The normalized spacial score (nSPS) is 21.1. The fourth-order valence-corrected chi connectivity index (χ4v) is 2.79. The molecule has 0 radical (unpaired) electrons. The standard InChI is InChI=1S/C12H22O3S/c1-4-15-11(13)12(2,3)16-8-6-10-5-7-14-9-10/h10H,4-9H2,1-3H3. The predicted octanol–water partition coefficient (Wildman–Crippen LogP) is 2.49. The lowest BCUT2D eigenvalue weighted by Crippen LogP contribution is -2.30. The largest absolute Gasteiger partial charge is 0.465 e. The maximum atomic E-state index is 11.6. The minimum Gasteiger partial charge on any atom is -0.465 e. The molecule has 0 bridgehead atoms. The highest BCUT2D eigenvalue weighted by Crippen LogP contribution is 2.29. The number of hydrogen-bond donors (Lipinski definition) is 0. The Balaban J connectivity index is 2.21. The molecule has 1 fully saturated rings. The zero-order valence-electron chi connectivity index (χ0n) is 10.5. The monoisotopic (exact) mass is 246 g/mol. The van der Waals surface area contributed by atoms with Gasteiger partial charge >= 0.3 is 5.97 Å². The molecule has 0 aliphatic carbocycles. The van der Waals surface area contributed by atoms with Crippen LogP contribution < -0.4 is 0 Å². The summed E-state index contributed by atoms with van der Waals surface area (Å²) in [6.45, 7) is 7.95. The van der Waals surface area contributed by atoms with Crippen LogP contribution in [0.25, 0.3) is 0 Å². The van der Waals surface area contributed by atoms with E-state index in [1.54, 1.807) is 11.8 Å². The summed E-state index contributed by atoms with van der Waals surface area (Å²) >= 11 is 1.68. The first kappa shape index (κ1) is 13.8. The van der Waals surface area contributed by atoms with E-state index >= 15 is 0 Å². The second-order valence-electron chi connectivity index (χ2n) is 4.60. The number of hydrogen-bond acceptors (Lipinski definition) is 4. The van der Waals surface area contributed by atoms with Crippen LogP contribution in [0.5, 0.6) is 0 Å². The minimum atomic E-state index is -0.421. The van der Waals surface area contributed by atoms with E-state index in [0.717, 1.165) is 25.4 Å². The zero-order valence-corrected chi connectivity index (χ0v) is 11.3. The number of ether oxygens (including phenoxy) is 2. The number of carbonyl (C=O) groups excluding carboxylic acids is 1. The van der Waals surface area contributed by atoms with Crippen molar-refractivity contribution < 1.29 is 14.3 Å². The molecule has 0 saturated carbocycles. The van der Waals surface area contributed by atoms with Gasteiger partial charge in [-0.15, -0.1) is 11.8 Å². The van der Waals surface area contributed by atoms with Crippen molar-refractivity contribution in [2.24, 2.45) is 5.92 Å². The Labute approximate surface area is 102 Å². The van der Waals surface area contributed by atoms with Crippen molar-refractivity contribution in [3.63, 3.8) is 0 Å². The Morgan fingerprint density at radius 2 is 2.31 bits per heavy atom. The topological polar surface area (TPSA) is 35.5 Å². The smallest absolute Gasteiger partial charge is 0.321 e. The maximum absolute atomic E-state index is 11.6. The summed E-state index contributed by atoms with van der Waals surface area (Å²) in [6, 6.07) is 0. The number of carbonyl (C=O) groups is 1. The fraction of sp³-hybridized carbons (Fsp3) is 0.917. The molecule has 4 heteroatoms. The van der Waals surface area contributed by atoms with Gasteiger partial charge in [0.1, 0.15) is 4.75 Å². The first-order valence-corrected chi connectivity index (χ1v) is 6.93. The molecule has 3 nitrogen and oxygen atoms in total. The van der Waals surface area contributed by atoms with Crippen molar-refractivity contribution in [1.82, 2.24) is 0 Å². The number of esters is 1. The van der Waals surface area contributed by atoms with Crippen LogP contribution in [0.2, 0.25) is 0 Å². The van der Waals surface area contributed by atoms with Crippen LogP contribution in [0, 0.1) is 5.92 Å². The highest BCUT2D eigenvalue weighted by molar-refractivity contribution is 8.01. The van der Waals surface area contributed by atoms with Gasteiger partial charge in [-0.25, -0.2) is 0 Å². The lowest BCUT2D eigenvalue weighted by atomic mass is 10.1. The van der Waals surface area contributed by atoms with Crippen LogP contribution in [-0.4, -0.2) is 36.3 Å². The van der Waals surface area contributed by atoms with E-state index in [0.29, 0.717) is 12.5 Å². The van der Waals surface area contributed by atoms with Crippen LogP contribution >= 0.6 is 11.8 Å². The van der Waals surface area contributed by atoms with Crippen LogP contribution in [0.1, 0.15) is 33.6 Å². The predicted molar refractivity (Wildman–Crippen MR) is 66.7 cm³/mol. The number of rotatable bonds is 6. The van der Waals surface area contributed by atoms with Crippen LogP contribution in [-0.2, 0) is 14.3 Å². The van der Waals surface area contributed by atoms with E-state index in [2.05, 4.69) is 0 Å². The molecule has 0 aromatic rings. The molecular weight excluding hydrogens is 224 g/mol. The fourth-order valence-electron chi connectivity index (χ4n) is 1.66. The van der Waals surface area contributed by atoms with Crippen molar-refractivity contribution in [1.29, 1.82) is 0 Å². The molecule has 1 heterocycles. The first-order valence-electron chi connectivity index (χ1n) is 5.95.